The lowest BCUT2D eigenvalue weighted by Crippen LogP contribution is -2.57. The summed E-state index contributed by atoms with van der Waals surface area (Å²) in [5, 5.41) is 7.70. The maximum absolute atomic E-state index is 12.3. The van der Waals surface area contributed by atoms with Gasteiger partial charge in [-0.1, -0.05) is 12.1 Å². The third-order valence-corrected chi connectivity index (χ3v) is 5.01. The monoisotopic (exact) mass is 396 g/mol. The zero-order chi connectivity index (χ0) is 20.4. The molecule has 2 aliphatic rings. The van der Waals surface area contributed by atoms with Crippen LogP contribution in [0.2, 0.25) is 0 Å². The van der Waals surface area contributed by atoms with Crippen molar-refractivity contribution in [1.29, 1.82) is 0 Å². The number of piperazine rings is 1. The van der Waals surface area contributed by atoms with E-state index < -0.39 is 5.60 Å². The number of hydrogen-bond donors (Lipinski definition) is 1. The molecule has 8 nitrogen and oxygen atoms in total. The summed E-state index contributed by atoms with van der Waals surface area (Å²) in [6.07, 6.45) is 3.46. The second-order valence-corrected chi connectivity index (χ2v) is 8.41. The molecule has 4 rings (SSSR count). The highest BCUT2D eigenvalue weighted by Crippen LogP contribution is 2.19. The first-order valence-electron chi connectivity index (χ1n) is 10.0. The highest BCUT2D eigenvalue weighted by Gasteiger charge is 2.36. The molecule has 0 radical (unpaired) electrons. The number of carbonyl (C=O) groups excluding carboxylic acids is 1. The van der Waals surface area contributed by atoms with Gasteiger partial charge >= 0.3 is 6.09 Å². The maximum Gasteiger partial charge on any atom is 0.410 e. The van der Waals surface area contributed by atoms with Crippen molar-refractivity contribution in [2.75, 3.05) is 26.2 Å². The zero-order valence-corrected chi connectivity index (χ0v) is 17.2. The molecular weight excluding hydrogens is 368 g/mol. The molecule has 1 aromatic carbocycles. The minimum atomic E-state index is -0.472. The van der Waals surface area contributed by atoms with Gasteiger partial charge in [-0.15, -0.1) is 0 Å². The number of guanidine groups is 1. The standard InChI is InChI=1S/C21H28N6O2/c1-21(2,3)29-20(28)25-11-12-26-18(15-25)14-23-19(26)22-13-16-5-7-17(8-6-16)27-10-4-9-24-27/h4-10,18H,11-15H2,1-3H3,(H,22,23). The SMILES string of the molecule is CC(C)(C)OC(=O)N1CCN2C(NCc3ccc(-n4cccn4)cc3)=NCC2C1. The number of carbonyl (C=O) groups is 1. The van der Waals surface area contributed by atoms with Crippen molar-refractivity contribution in [3.05, 3.63) is 48.3 Å². The fraction of sp³-hybridized carbons (Fsp3) is 0.476. The lowest BCUT2D eigenvalue weighted by atomic mass is 10.2. The largest absolute Gasteiger partial charge is 0.444 e. The number of fused-ring (bicyclic) bond motifs is 1. The van der Waals surface area contributed by atoms with Crippen molar-refractivity contribution >= 4 is 12.1 Å². The molecule has 0 bridgehead atoms. The Hall–Kier alpha value is -3.03. The van der Waals surface area contributed by atoms with Crippen molar-refractivity contribution in [2.45, 2.75) is 39.0 Å². The van der Waals surface area contributed by atoms with E-state index in [9.17, 15) is 4.79 Å². The summed E-state index contributed by atoms with van der Waals surface area (Å²) in [4.78, 5) is 21.0. The minimum absolute atomic E-state index is 0.209. The van der Waals surface area contributed by atoms with Crippen LogP contribution in [0.1, 0.15) is 26.3 Å². The van der Waals surface area contributed by atoms with E-state index in [2.05, 4.69) is 44.6 Å². The molecule has 1 atom stereocenters. The Kier molecular flexibility index (Phi) is 5.17. The fourth-order valence-electron chi connectivity index (χ4n) is 3.59. The van der Waals surface area contributed by atoms with Gasteiger partial charge in [-0.25, -0.2) is 9.48 Å². The summed E-state index contributed by atoms with van der Waals surface area (Å²) in [6, 6.07) is 10.4. The molecule has 2 aromatic rings. The van der Waals surface area contributed by atoms with Crippen molar-refractivity contribution in [3.63, 3.8) is 0 Å². The van der Waals surface area contributed by atoms with Gasteiger partial charge in [-0.05, 0) is 44.5 Å². The van der Waals surface area contributed by atoms with Crippen molar-refractivity contribution in [2.24, 2.45) is 4.99 Å². The normalized spacial score (nSPS) is 19.0. The molecule has 8 heteroatoms. The van der Waals surface area contributed by atoms with Crippen LogP contribution in [0, 0.1) is 0 Å². The van der Waals surface area contributed by atoms with E-state index in [1.165, 1.54) is 5.56 Å². The molecule has 29 heavy (non-hydrogen) atoms. The average Bonchev–Trinajstić information content (AvgIpc) is 3.35. The Labute approximate surface area is 171 Å². The second-order valence-electron chi connectivity index (χ2n) is 8.41. The summed E-state index contributed by atoms with van der Waals surface area (Å²) in [7, 11) is 0. The number of nitrogens with one attached hydrogen (secondary N) is 1. The number of rotatable bonds is 3. The zero-order valence-electron chi connectivity index (χ0n) is 17.2. The Bertz CT molecular complexity index is 870. The Morgan fingerprint density at radius 1 is 1.24 bits per heavy atom. The average molecular weight is 396 g/mol. The topological polar surface area (TPSA) is 75.0 Å². The maximum atomic E-state index is 12.3. The van der Waals surface area contributed by atoms with Crippen molar-refractivity contribution in [3.8, 4) is 5.69 Å². The van der Waals surface area contributed by atoms with Gasteiger partial charge in [0.1, 0.15) is 5.60 Å². The van der Waals surface area contributed by atoms with Crippen molar-refractivity contribution < 1.29 is 9.53 Å². The quantitative estimate of drug-likeness (QED) is 0.861. The van der Waals surface area contributed by atoms with Crippen molar-refractivity contribution in [1.82, 2.24) is 24.9 Å². The number of aliphatic imine (C=N–C) groups is 1. The fourth-order valence-corrected chi connectivity index (χ4v) is 3.59. The van der Waals surface area contributed by atoms with E-state index in [-0.39, 0.29) is 12.1 Å². The lowest BCUT2D eigenvalue weighted by molar-refractivity contribution is 0.0137. The van der Waals surface area contributed by atoms with Crippen LogP contribution in [0.25, 0.3) is 5.69 Å². The van der Waals surface area contributed by atoms with Gasteiger partial charge in [0.15, 0.2) is 5.96 Å². The van der Waals surface area contributed by atoms with Crippen LogP contribution < -0.4 is 5.32 Å². The molecule has 0 aliphatic carbocycles. The summed E-state index contributed by atoms with van der Waals surface area (Å²) < 4.78 is 7.34. The molecule has 1 fully saturated rings. The number of hydrogen-bond acceptors (Lipinski definition) is 6. The number of aromatic nitrogens is 2. The number of amides is 1. The molecule has 0 spiro atoms. The number of ether oxygens (including phenoxy) is 1. The third kappa shape index (κ3) is 4.52. The van der Waals surface area contributed by atoms with Crippen LogP contribution in [0.4, 0.5) is 4.79 Å². The van der Waals surface area contributed by atoms with Crippen LogP contribution in [0.5, 0.6) is 0 Å². The molecule has 0 saturated carbocycles. The molecule has 154 valence electrons. The van der Waals surface area contributed by atoms with E-state index in [0.29, 0.717) is 26.2 Å². The van der Waals surface area contributed by atoms with Gasteiger partial charge in [-0.2, -0.15) is 5.10 Å². The van der Waals surface area contributed by atoms with Gasteiger partial charge in [0, 0.05) is 38.6 Å². The van der Waals surface area contributed by atoms with Crippen LogP contribution in [-0.4, -0.2) is 69.5 Å². The number of nitrogens with zero attached hydrogens (tertiary/aromatic N) is 5. The highest BCUT2D eigenvalue weighted by molar-refractivity contribution is 5.82. The van der Waals surface area contributed by atoms with E-state index in [0.717, 1.165) is 18.2 Å². The van der Waals surface area contributed by atoms with Crippen LogP contribution >= 0.6 is 0 Å². The first-order chi connectivity index (χ1) is 13.9. The van der Waals surface area contributed by atoms with E-state index in [1.807, 2.05) is 37.7 Å². The molecule has 3 heterocycles. The number of benzene rings is 1. The molecule has 1 aromatic heterocycles. The predicted octanol–water partition coefficient (Wildman–Crippen LogP) is 2.25. The highest BCUT2D eigenvalue weighted by atomic mass is 16.6. The Morgan fingerprint density at radius 3 is 2.72 bits per heavy atom. The molecule has 1 unspecified atom stereocenters. The summed E-state index contributed by atoms with van der Waals surface area (Å²) in [5.74, 6) is 0.912. The lowest BCUT2D eigenvalue weighted by Gasteiger charge is -2.39. The van der Waals surface area contributed by atoms with E-state index in [1.54, 1.807) is 11.1 Å². The minimum Gasteiger partial charge on any atom is -0.444 e. The van der Waals surface area contributed by atoms with Crippen LogP contribution in [0.15, 0.2) is 47.7 Å². The first kappa shape index (κ1) is 19.3. The van der Waals surface area contributed by atoms with E-state index in [4.69, 9.17) is 4.74 Å². The molecule has 2 aliphatic heterocycles. The Balaban J connectivity index is 1.29. The third-order valence-electron chi connectivity index (χ3n) is 5.01. The van der Waals surface area contributed by atoms with Crippen LogP contribution in [-0.2, 0) is 11.3 Å². The molecule has 1 amide bonds. The summed E-state index contributed by atoms with van der Waals surface area (Å²) >= 11 is 0. The summed E-state index contributed by atoms with van der Waals surface area (Å²) in [6.45, 7) is 9.12. The predicted molar refractivity (Wildman–Crippen MR) is 111 cm³/mol. The smallest absolute Gasteiger partial charge is 0.410 e. The molecular formula is C21H28N6O2. The van der Waals surface area contributed by atoms with Gasteiger partial charge in [0.25, 0.3) is 0 Å². The van der Waals surface area contributed by atoms with Gasteiger partial charge in [0.2, 0.25) is 0 Å². The van der Waals surface area contributed by atoms with Gasteiger partial charge < -0.3 is 19.9 Å². The van der Waals surface area contributed by atoms with E-state index >= 15 is 0 Å². The van der Waals surface area contributed by atoms with Gasteiger partial charge in [0.05, 0.1) is 18.3 Å². The van der Waals surface area contributed by atoms with Gasteiger partial charge in [-0.3, -0.25) is 4.99 Å². The first-order valence-corrected chi connectivity index (χ1v) is 10.0. The molecule has 1 N–H and O–H groups in total. The van der Waals surface area contributed by atoms with Crippen LogP contribution in [0.3, 0.4) is 0 Å². The molecule has 1 saturated heterocycles. The second kappa shape index (κ2) is 7.77. The summed E-state index contributed by atoms with van der Waals surface area (Å²) in [5.41, 5.74) is 1.75. The Morgan fingerprint density at radius 2 is 2.03 bits per heavy atom.